The van der Waals surface area contributed by atoms with E-state index in [0.29, 0.717) is 11.5 Å². The molecule has 0 spiro atoms. The molecule has 1 saturated carbocycles. The van der Waals surface area contributed by atoms with E-state index in [4.69, 9.17) is 0 Å². The van der Waals surface area contributed by atoms with Gasteiger partial charge in [-0.3, -0.25) is 0 Å². The van der Waals surface area contributed by atoms with E-state index >= 15 is 0 Å². The Kier molecular flexibility index (Phi) is 2.25. The summed E-state index contributed by atoms with van der Waals surface area (Å²) in [5.41, 5.74) is 1.61. The number of hydrogen-bond acceptors (Lipinski definition) is 2. The van der Waals surface area contributed by atoms with Crippen molar-refractivity contribution in [1.29, 1.82) is 0 Å². The highest BCUT2D eigenvalue weighted by Gasteiger charge is 2.30. The normalized spacial score (nSPS) is 25.2. The molecule has 1 atom stereocenters. The van der Waals surface area contributed by atoms with Crippen molar-refractivity contribution in [1.82, 2.24) is 9.97 Å². The van der Waals surface area contributed by atoms with Gasteiger partial charge in [0, 0.05) is 17.9 Å². The molecule has 2 rings (SSSR count). The highest BCUT2D eigenvalue weighted by Crippen LogP contribution is 2.37. The molecule has 78 valence electrons. The summed E-state index contributed by atoms with van der Waals surface area (Å²) in [5.74, 6) is 0.921. The van der Waals surface area contributed by atoms with Crippen molar-refractivity contribution in [2.45, 2.75) is 46.1 Å². The summed E-state index contributed by atoms with van der Waals surface area (Å²) in [6.45, 7) is 6.70. The SMILES string of the molecule is Cc1cnc(NC2CCC(C)(C)C2)[nH]1. The third-order valence-electron chi connectivity index (χ3n) is 3.01. The molecule has 1 heterocycles. The van der Waals surface area contributed by atoms with Crippen molar-refractivity contribution in [2.24, 2.45) is 5.41 Å². The predicted molar refractivity (Wildman–Crippen MR) is 58.4 cm³/mol. The number of nitrogens with zero attached hydrogens (tertiary/aromatic N) is 1. The topological polar surface area (TPSA) is 40.7 Å². The van der Waals surface area contributed by atoms with Gasteiger partial charge in [-0.05, 0) is 31.6 Å². The van der Waals surface area contributed by atoms with Crippen molar-refractivity contribution in [3.8, 4) is 0 Å². The van der Waals surface area contributed by atoms with Crippen molar-refractivity contribution in [3.05, 3.63) is 11.9 Å². The van der Waals surface area contributed by atoms with Crippen LogP contribution < -0.4 is 5.32 Å². The van der Waals surface area contributed by atoms with Gasteiger partial charge in [-0.1, -0.05) is 13.8 Å². The van der Waals surface area contributed by atoms with Crippen LogP contribution in [0.3, 0.4) is 0 Å². The molecule has 0 amide bonds. The molecule has 0 aliphatic heterocycles. The van der Waals surface area contributed by atoms with Crippen molar-refractivity contribution in [3.63, 3.8) is 0 Å². The van der Waals surface area contributed by atoms with Gasteiger partial charge in [-0.15, -0.1) is 0 Å². The predicted octanol–water partition coefficient (Wildman–Crippen LogP) is 2.71. The van der Waals surface area contributed by atoms with Gasteiger partial charge in [0.25, 0.3) is 0 Å². The molecule has 1 aromatic rings. The summed E-state index contributed by atoms with van der Waals surface area (Å²) >= 11 is 0. The lowest BCUT2D eigenvalue weighted by Crippen LogP contribution is -2.18. The van der Waals surface area contributed by atoms with Crippen LogP contribution in [0.25, 0.3) is 0 Å². The van der Waals surface area contributed by atoms with E-state index in [-0.39, 0.29) is 0 Å². The number of aromatic nitrogens is 2. The first kappa shape index (κ1) is 9.56. The summed E-state index contributed by atoms with van der Waals surface area (Å²) in [4.78, 5) is 7.47. The van der Waals surface area contributed by atoms with Crippen LogP contribution in [0.1, 0.15) is 38.8 Å². The van der Waals surface area contributed by atoms with Crippen LogP contribution >= 0.6 is 0 Å². The Balaban J connectivity index is 1.94. The zero-order valence-corrected chi connectivity index (χ0v) is 9.22. The Hall–Kier alpha value is -0.990. The minimum absolute atomic E-state index is 0.499. The quantitative estimate of drug-likeness (QED) is 0.758. The zero-order valence-electron chi connectivity index (χ0n) is 9.22. The van der Waals surface area contributed by atoms with Crippen LogP contribution in [0.4, 0.5) is 5.95 Å². The fourth-order valence-corrected chi connectivity index (χ4v) is 2.24. The number of nitrogens with one attached hydrogen (secondary N) is 2. The summed E-state index contributed by atoms with van der Waals surface area (Å²) in [5, 5.41) is 3.45. The number of imidazole rings is 1. The summed E-state index contributed by atoms with van der Waals surface area (Å²) in [6, 6.07) is 0.593. The van der Waals surface area contributed by atoms with Crippen LogP contribution in [0.5, 0.6) is 0 Å². The second-order valence-electron chi connectivity index (χ2n) is 5.16. The second kappa shape index (κ2) is 3.30. The molecule has 1 aliphatic carbocycles. The Bertz CT molecular complexity index is 314. The van der Waals surface area contributed by atoms with Gasteiger partial charge in [0.1, 0.15) is 0 Å². The number of hydrogen-bond donors (Lipinski definition) is 2. The van der Waals surface area contributed by atoms with Gasteiger partial charge < -0.3 is 10.3 Å². The van der Waals surface area contributed by atoms with Crippen molar-refractivity contribution in [2.75, 3.05) is 5.32 Å². The summed E-state index contributed by atoms with van der Waals surface area (Å²) in [6.07, 6.45) is 5.67. The minimum atomic E-state index is 0.499. The van der Waals surface area contributed by atoms with E-state index in [1.807, 2.05) is 13.1 Å². The molecule has 0 bridgehead atoms. The highest BCUT2D eigenvalue weighted by molar-refractivity contribution is 5.28. The second-order valence-corrected chi connectivity index (χ2v) is 5.16. The molecule has 1 aliphatic rings. The maximum Gasteiger partial charge on any atom is 0.200 e. The van der Waals surface area contributed by atoms with Gasteiger partial charge in [0.2, 0.25) is 5.95 Å². The van der Waals surface area contributed by atoms with E-state index < -0.39 is 0 Å². The standard InChI is InChI=1S/C11H19N3/c1-8-7-12-10(13-8)14-9-4-5-11(2,3)6-9/h7,9H,4-6H2,1-3H3,(H2,12,13,14). The van der Waals surface area contributed by atoms with Crippen LogP contribution in [-0.4, -0.2) is 16.0 Å². The first-order valence-electron chi connectivity index (χ1n) is 5.33. The average Bonchev–Trinajstić information content (AvgIpc) is 2.59. The zero-order chi connectivity index (χ0) is 10.2. The van der Waals surface area contributed by atoms with E-state index in [9.17, 15) is 0 Å². The van der Waals surface area contributed by atoms with Crippen LogP contribution in [0, 0.1) is 12.3 Å². The lowest BCUT2D eigenvalue weighted by atomic mass is 9.92. The molecule has 0 radical (unpaired) electrons. The third kappa shape index (κ3) is 2.08. The smallest absolute Gasteiger partial charge is 0.200 e. The molecular formula is C11H19N3. The first-order valence-corrected chi connectivity index (χ1v) is 5.33. The van der Waals surface area contributed by atoms with Crippen molar-refractivity contribution < 1.29 is 0 Å². The maximum atomic E-state index is 4.26. The van der Waals surface area contributed by atoms with Crippen molar-refractivity contribution >= 4 is 5.95 Å². The minimum Gasteiger partial charge on any atom is -0.353 e. The monoisotopic (exact) mass is 193 g/mol. The van der Waals surface area contributed by atoms with Gasteiger partial charge in [0.05, 0.1) is 0 Å². The fourth-order valence-electron chi connectivity index (χ4n) is 2.24. The molecule has 14 heavy (non-hydrogen) atoms. The van der Waals surface area contributed by atoms with Crippen LogP contribution in [0.15, 0.2) is 6.20 Å². The molecule has 1 aromatic heterocycles. The molecule has 2 N–H and O–H groups in total. The van der Waals surface area contributed by atoms with E-state index in [1.54, 1.807) is 0 Å². The molecule has 0 aromatic carbocycles. The number of H-pyrrole nitrogens is 1. The molecule has 3 heteroatoms. The van der Waals surface area contributed by atoms with Gasteiger partial charge >= 0.3 is 0 Å². The average molecular weight is 193 g/mol. The van der Waals surface area contributed by atoms with Gasteiger partial charge in [-0.2, -0.15) is 0 Å². The first-order chi connectivity index (χ1) is 6.55. The third-order valence-corrected chi connectivity index (χ3v) is 3.01. The summed E-state index contributed by atoms with van der Waals surface area (Å²) < 4.78 is 0. The number of aromatic amines is 1. The van der Waals surface area contributed by atoms with E-state index in [2.05, 4.69) is 29.1 Å². The largest absolute Gasteiger partial charge is 0.353 e. The lowest BCUT2D eigenvalue weighted by Gasteiger charge is -2.17. The van der Waals surface area contributed by atoms with E-state index in [0.717, 1.165) is 11.6 Å². The molecule has 1 fully saturated rings. The lowest BCUT2D eigenvalue weighted by molar-refractivity contribution is 0.378. The number of aryl methyl sites for hydroxylation is 1. The fraction of sp³-hybridized carbons (Fsp3) is 0.727. The Labute approximate surface area is 85.3 Å². The molecule has 1 unspecified atom stereocenters. The van der Waals surface area contributed by atoms with Gasteiger partial charge in [-0.25, -0.2) is 4.98 Å². The Morgan fingerprint density at radius 1 is 1.57 bits per heavy atom. The van der Waals surface area contributed by atoms with Gasteiger partial charge in [0.15, 0.2) is 0 Å². The molecular weight excluding hydrogens is 174 g/mol. The van der Waals surface area contributed by atoms with Crippen LogP contribution in [-0.2, 0) is 0 Å². The molecule has 3 nitrogen and oxygen atoms in total. The van der Waals surface area contributed by atoms with Crippen LogP contribution in [0.2, 0.25) is 0 Å². The Morgan fingerprint density at radius 2 is 2.36 bits per heavy atom. The number of rotatable bonds is 2. The Morgan fingerprint density at radius 3 is 2.86 bits per heavy atom. The van der Waals surface area contributed by atoms with E-state index in [1.165, 1.54) is 19.3 Å². The maximum absolute atomic E-state index is 4.26. The number of anilines is 1. The highest BCUT2D eigenvalue weighted by atomic mass is 15.1. The molecule has 0 saturated heterocycles. The summed E-state index contributed by atoms with van der Waals surface area (Å²) in [7, 11) is 0.